The molecular weight excluding hydrogens is 340 g/mol. The summed E-state index contributed by atoms with van der Waals surface area (Å²) in [7, 11) is 5.75. The van der Waals surface area contributed by atoms with Gasteiger partial charge in [0.15, 0.2) is 6.10 Å². The van der Waals surface area contributed by atoms with Crippen LogP contribution < -0.4 is 5.73 Å². The van der Waals surface area contributed by atoms with E-state index < -0.39 is 30.1 Å². The molecule has 0 fully saturated rings. The van der Waals surface area contributed by atoms with Crippen LogP contribution in [0.5, 0.6) is 0 Å². The van der Waals surface area contributed by atoms with E-state index in [4.69, 9.17) is 20.7 Å². The van der Waals surface area contributed by atoms with Gasteiger partial charge in [-0.1, -0.05) is 20.3 Å². The van der Waals surface area contributed by atoms with Gasteiger partial charge in [0.1, 0.15) is 12.6 Å². The van der Waals surface area contributed by atoms with Gasteiger partial charge in [0, 0.05) is 6.92 Å². The molecule has 9 heteroatoms. The van der Waals surface area contributed by atoms with Crippen molar-refractivity contribution in [1.29, 1.82) is 0 Å². The summed E-state index contributed by atoms with van der Waals surface area (Å²) < 4.78 is 5.46. The number of hydrogen-bond donors (Lipinski definition) is 3. The van der Waals surface area contributed by atoms with Gasteiger partial charge in [0.25, 0.3) is 0 Å². The van der Waals surface area contributed by atoms with Gasteiger partial charge < -0.3 is 25.2 Å². The summed E-state index contributed by atoms with van der Waals surface area (Å²) in [5.41, 5.74) is 5.27. The summed E-state index contributed by atoms with van der Waals surface area (Å²) >= 11 is 0. The molecule has 0 rings (SSSR count). The van der Waals surface area contributed by atoms with Crippen molar-refractivity contribution in [2.75, 3.05) is 27.7 Å². The highest BCUT2D eigenvalue weighted by Gasteiger charge is 2.23. The Morgan fingerprint density at radius 3 is 1.83 bits per heavy atom. The Morgan fingerprint density at radius 2 is 1.62 bits per heavy atom. The lowest BCUT2D eigenvalue weighted by Gasteiger charge is -2.28. The fourth-order valence-corrected chi connectivity index (χ4v) is 1.68. The van der Waals surface area contributed by atoms with Crippen molar-refractivity contribution in [2.24, 2.45) is 11.7 Å². The minimum atomic E-state index is -0.954. The summed E-state index contributed by atoms with van der Waals surface area (Å²) in [6, 6.07) is -0.699. The third kappa shape index (κ3) is 17.0. The van der Waals surface area contributed by atoms with Crippen LogP contribution >= 0.6 is 12.4 Å². The monoisotopic (exact) mass is 371 g/mol. The van der Waals surface area contributed by atoms with E-state index in [0.717, 1.165) is 6.42 Å². The minimum Gasteiger partial charge on any atom is -0.481 e. The molecule has 8 nitrogen and oxygen atoms in total. The van der Waals surface area contributed by atoms with Gasteiger partial charge in [-0.2, -0.15) is 0 Å². The average Bonchev–Trinajstić information content (AvgIpc) is 2.33. The molecule has 144 valence electrons. The van der Waals surface area contributed by atoms with Crippen LogP contribution in [0.3, 0.4) is 0 Å². The van der Waals surface area contributed by atoms with Crippen LogP contribution in [-0.4, -0.2) is 72.4 Å². The molecule has 0 spiro atoms. The maximum atomic E-state index is 10.7. The highest BCUT2D eigenvalue weighted by atomic mass is 35.5. The highest BCUT2D eigenvalue weighted by Crippen LogP contribution is 2.05. The number of carboxylic acids is 2. The molecule has 0 aliphatic carbocycles. The number of quaternary nitrogens is 1. The molecule has 0 saturated heterocycles. The normalized spacial score (nSPS) is 14.1. The second kappa shape index (κ2) is 13.0. The Balaban J connectivity index is -0.000000385. The summed E-state index contributed by atoms with van der Waals surface area (Å²) in [4.78, 5) is 31.4. The zero-order chi connectivity index (χ0) is 18.8. The van der Waals surface area contributed by atoms with Gasteiger partial charge >= 0.3 is 17.9 Å². The van der Waals surface area contributed by atoms with Gasteiger partial charge in [-0.15, -0.1) is 12.4 Å². The van der Waals surface area contributed by atoms with Gasteiger partial charge in [0.05, 0.1) is 27.6 Å². The second-order valence-corrected chi connectivity index (χ2v) is 6.55. The lowest BCUT2D eigenvalue weighted by atomic mass is 10.0. The number of rotatable bonds is 8. The predicted octanol–water partition coefficient (Wildman–Crippen LogP) is 0.965. The molecular formula is C15H32ClN2O6+. The lowest BCUT2D eigenvalue weighted by Crippen LogP contribution is -2.43. The molecule has 24 heavy (non-hydrogen) atoms. The van der Waals surface area contributed by atoms with Crippen molar-refractivity contribution >= 4 is 30.3 Å². The van der Waals surface area contributed by atoms with Crippen molar-refractivity contribution in [2.45, 2.75) is 45.8 Å². The van der Waals surface area contributed by atoms with E-state index in [1.165, 1.54) is 6.92 Å². The van der Waals surface area contributed by atoms with E-state index in [2.05, 4.69) is 0 Å². The Bertz CT molecular complexity index is 382. The molecule has 0 aliphatic heterocycles. The molecule has 0 radical (unpaired) electrons. The summed E-state index contributed by atoms with van der Waals surface area (Å²) in [6.07, 6.45) is 0.118. The van der Waals surface area contributed by atoms with Gasteiger partial charge in [0.2, 0.25) is 0 Å². The maximum absolute atomic E-state index is 10.7. The quantitative estimate of drug-likeness (QED) is 0.428. The average molecular weight is 372 g/mol. The molecule has 0 saturated carbocycles. The van der Waals surface area contributed by atoms with Crippen LogP contribution in [0.15, 0.2) is 0 Å². The van der Waals surface area contributed by atoms with E-state index in [9.17, 15) is 14.4 Å². The molecule has 0 heterocycles. The number of hydrogen-bond acceptors (Lipinski definition) is 5. The van der Waals surface area contributed by atoms with E-state index in [-0.39, 0.29) is 24.7 Å². The number of carboxylic acid groups (broad SMARTS) is 2. The SMILES string of the molecule is CC(=O)O[C@@H](CC(=O)O)C[N+](C)(C)C.CC[C@@H](C)[C@H](N)C(=O)O.Cl. The number of ether oxygens (including phenoxy) is 1. The molecule has 0 bridgehead atoms. The molecule has 0 aromatic heterocycles. The van der Waals surface area contributed by atoms with Crippen LogP contribution in [0.4, 0.5) is 0 Å². The van der Waals surface area contributed by atoms with Crippen LogP contribution in [-0.2, 0) is 19.1 Å². The molecule has 4 N–H and O–H groups in total. The Hall–Kier alpha value is -1.38. The smallest absolute Gasteiger partial charge is 0.320 e. The standard InChI is InChI=1S/C9H17NO4.C6H13NO2.ClH/c1-7(11)14-8(5-9(12)13)6-10(2,3)4;1-3-4(2)5(7)6(8)9;/h8H,5-6H2,1-4H3;4-5H,3,7H2,1-2H3,(H,8,9);1H/p+1/t8-;4-,5+;/m01./s1. The fraction of sp³-hybridized carbons (Fsp3) is 0.800. The van der Waals surface area contributed by atoms with Crippen molar-refractivity contribution < 1.29 is 33.8 Å². The van der Waals surface area contributed by atoms with Crippen molar-refractivity contribution in [3.05, 3.63) is 0 Å². The van der Waals surface area contributed by atoms with Crippen LogP contribution in [0.25, 0.3) is 0 Å². The van der Waals surface area contributed by atoms with Crippen LogP contribution in [0, 0.1) is 5.92 Å². The third-order valence-electron chi connectivity index (χ3n) is 3.03. The number of nitrogens with two attached hydrogens (primary N) is 1. The van der Waals surface area contributed by atoms with Gasteiger partial charge in [-0.3, -0.25) is 14.4 Å². The zero-order valence-corrected chi connectivity index (χ0v) is 16.1. The van der Waals surface area contributed by atoms with Crippen molar-refractivity contribution in [3.63, 3.8) is 0 Å². The minimum absolute atomic E-state index is 0. The van der Waals surface area contributed by atoms with E-state index >= 15 is 0 Å². The first-order chi connectivity index (χ1) is 10.3. The first kappa shape index (κ1) is 27.5. The number of esters is 1. The summed E-state index contributed by atoms with van der Waals surface area (Å²) in [5.74, 6) is -2.23. The van der Waals surface area contributed by atoms with Crippen LogP contribution in [0.2, 0.25) is 0 Å². The van der Waals surface area contributed by atoms with E-state index in [0.29, 0.717) is 11.0 Å². The number of carbonyl (C=O) groups is 3. The molecule has 0 amide bonds. The highest BCUT2D eigenvalue weighted by molar-refractivity contribution is 5.85. The Kier molecular flexibility index (Phi) is 14.8. The molecule has 0 aliphatic rings. The fourth-order valence-electron chi connectivity index (χ4n) is 1.68. The summed E-state index contributed by atoms with van der Waals surface area (Å²) in [5, 5.41) is 17.0. The zero-order valence-electron chi connectivity index (χ0n) is 15.3. The van der Waals surface area contributed by atoms with Crippen molar-refractivity contribution in [1.82, 2.24) is 0 Å². The number of halogens is 1. The summed E-state index contributed by atoms with van der Waals surface area (Å²) in [6.45, 7) is 5.53. The first-order valence-electron chi connectivity index (χ1n) is 7.48. The lowest BCUT2D eigenvalue weighted by molar-refractivity contribution is -0.873. The number of carbonyl (C=O) groups excluding carboxylic acids is 1. The largest absolute Gasteiger partial charge is 0.481 e. The molecule has 0 unspecified atom stereocenters. The maximum Gasteiger partial charge on any atom is 0.320 e. The Morgan fingerprint density at radius 1 is 1.17 bits per heavy atom. The van der Waals surface area contributed by atoms with Crippen molar-refractivity contribution in [3.8, 4) is 0 Å². The van der Waals surface area contributed by atoms with Gasteiger partial charge in [-0.05, 0) is 5.92 Å². The van der Waals surface area contributed by atoms with E-state index in [1.807, 2.05) is 35.0 Å². The predicted molar refractivity (Wildman–Crippen MR) is 93.0 cm³/mol. The topological polar surface area (TPSA) is 127 Å². The van der Waals surface area contributed by atoms with Gasteiger partial charge in [-0.25, -0.2) is 0 Å². The Labute approximate surface area is 150 Å². The molecule has 0 aromatic carbocycles. The van der Waals surface area contributed by atoms with Crippen LogP contribution in [0.1, 0.15) is 33.6 Å². The number of aliphatic carboxylic acids is 2. The first-order valence-corrected chi connectivity index (χ1v) is 7.48. The second-order valence-electron chi connectivity index (χ2n) is 6.55. The number of nitrogens with zero attached hydrogens (tertiary/aromatic N) is 1. The third-order valence-corrected chi connectivity index (χ3v) is 3.03. The molecule has 0 aromatic rings. The molecule has 3 atom stereocenters. The number of likely N-dealkylation sites (N-methyl/N-ethyl adjacent to an activating group) is 1. The van der Waals surface area contributed by atoms with E-state index in [1.54, 1.807) is 0 Å².